The van der Waals surface area contributed by atoms with Crippen LogP contribution in [0.4, 0.5) is 0 Å². The summed E-state index contributed by atoms with van der Waals surface area (Å²) >= 11 is 2.95. The Labute approximate surface area is 204 Å². The zero-order valence-electron chi connectivity index (χ0n) is 19.6. The maximum atomic E-state index is 13.8. The Balaban J connectivity index is 1.71. The Bertz CT molecular complexity index is 1700. The van der Waals surface area contributed by atoms with Crippen LogP contribution in [0, 0.1) is 27.7 Å². The third kappa shape index (κ3) is 3.67. The number of nitrogens with zero attached hydrogens (tertiary/aromatic N) is 3. The molecule has 8 heteroatoms. The van der Waals surface area contributed by atoms with Crippen molar-refractivity contribution in [1.29, 1.82) is 0 Å². The Morgan fingerprint density at radius 2 is 1.74 bits per heavy atom. The molecule has 3 aromatic heterocycles. The Kier molecular flexibility index (Phi) is 5.65. The molecule has 1 N–H and O–H groups in total. The lowest BCUT2D eigenvalue weighted by molar-refractivity contribution is 0.806. The van der Waals surface area contributed by atoms with Crippen molar-refractivity contribution in [3.8, 4) is 5.69 Å². The molecule has 0 aliphatic carbocycles. The smallest absolute Gasteiger partial charge is 0.267 e. The number of H-pyrrole nitrogens is 1. The highest BCUT2D eigenvalue weighted by molar-refractivity contribution is 7.99. The first-order valence-corrected chi connectivity index (χ1v) is 12.7. The quantitative estimate of drug-likeness (QED) is 0.257. The fourth-order valence-electron chi connectivity index (χ4n) is 4.06. The molecule has 172 valence electrons. The van der Waals surface area contributed by atoms with Crippen LogP contribution in [-0.2, 0) is 0 Å². The topological polar surface area (TPSA) is 80.6 Å². The van der Waals surface area contributed by atoms with Crippen LogP contribution < -0.4 is 11.1 Å². The van der Waals surface area contributed by atoms with E-state index in [9.17, 15) is 9.59 Å². The predicted molar refractivity (Wildman–Crippen MR) is 141 cm³/mol. The summed E-state index contributed by atoms with van der Waals surface area (Å²) in [6, 6.07) is 13.2. The molecule has 5 aromatic rings. The van der Waals surface area contributed by atoms with Gasteiger partial charge in [0, 0.05) is 4.88 Å². The molecule has 1 atom stereocenters. The van der Waals surface area contributed by atoms with Gasteiger partial charge in [-0.2, -0.15) is 0 Å². The number of aromatic nitrogens is 4. The van der Waals surface area contributed by atoms with Gasteiger partial charge < -0.3 is 4.98 Å². The second-order valence-electron chi connectivity index (χ2n) is 8.45. The highest BCUT2D eigenvalue weighted by Crippen LogP contribution is 2.36. The standard InChI is InChI=1S/C26H24N4O2S2/c1-13-9-8-12-20(14(13)2)30-25(32)21-15(3)16(4)33-24(21)29-26(30)34-17(5)22-27-19-11-7-6-10-18(19)23(31)28-22/h6-12,17H,1-5H3,(H,27,28,31). The van der Waals surface area contributed by atoms with Crippen molar-refractivity contribution in [3.63, 3.8) is 0 Å². The number of rotatable bonds is 4. The largest absolute Gasteiger partial charge is 0.309 e. The first kappa shape index (κ1) is 22.6. The summed E-state index contributed by atoms with van der Waals surface area (Å²) in [5, 5.41) is 1.56. The van der Waals surface area contributed by atoms with Gasteiger partial charge >= 0.3 is 0 Å². The summed E-state index contributed by atoms with van der Waals surface area (Å²) in [6.07, 6.45) is 0. The van der Waals surface area contributed by atoms with Gasteiger partial charge in [0.25, 0.3) is 11.1 Å². The van der Waals surface area contributed by atoms with Gasteiger partial charge in [-0.3, -0.25) is 14.2 Å². The minimum atomic E-state index is -0.236. The number of benzene rings is 2. The van der Waals surface area contributed by atoms with E-state index >= 15 is 0 Å². The molecule has 0 aliphatic heterocycles. The van der Waals surface area contributed by atoms with Crippen LogP contribution in [0.15, 0.2) is 57.2 Å². The predicted octanol–water partition coefficient (Wildman–Crippen LogP) is 5.77. The Morgan fingerprint density at radius 1 is 0.971 bits per heavy atom. The molecule has 34 heavy (non-hydrogen) atoms. The van der Waals surface area contributed by atoms with E-state index in [0.29, 0.717) is 27.3 Å². The van der Waals surface area contributed by atoms with Gasteiger partial charge in [0.05, 0.1) is 27.2 Å². The summed E-state index contributed by atoms with van der Waals surface area (Å²) in [4.78, 5) is 40.8. The van der Waals surface area contributed by atoms with Gasteiger partial charge in [0.2, 0.25) is 0 Å². The fourth-order valence-corrected chi connectivity index (χ4v) is 6.10. The maximum absolute atomic E-state index is 13.8. The zero-order valence-corrected chi connectivity index (χ0v) is 21.2. The van der Waals surface area contributed by atoms with Crippen LogP contribution in [-0.4, -0.2) is 19.5 Å². The molecule has 3 heterocycles. The van der Waals surface area contributed by atoms with Crippen LogP contribution in [0.25, 0.3) is 26.8 Å². The molecule has 0 amide bonds. The number of thioether (sulfide) groups is 1. The molecular weight excluding hydrogens is 464 g/mol. The van der Waals surface area contributed by atoms with Gasteiger partial charge in [-0.05, 0) is 69.5 Å². The third-order valence-electron chi connectivity index (χ3n) is 6.29. The van der Waals surface area contributed by atoms with E-state index in [-0.39, 0.29) is 16.4 Å². The molecule has 0 aliphatic rings. The van der Waals surface area contributed by atoms with Gasteiger partial charge in [0.1, 0.15) is 10.7 Å². The molecule has 1 unspecified atom stereocenters. The number of aromatic amines is 1. The van der Waals surface area contributed by atoms with Gasteiger partial charge in [-0.25, -0.2) is 9.97 Å². The molecule has 2 aromatic carbocycles. The Hall–Kier alpha value is -3.23. The van der Waals surface area contributed by atoms with Crippen molar-refractivity contribution in [3.05, 3.63) is 90.6 Å². The van der Waals surface area contributed by atoms with Gasteiger partial charge in [-0.15, -0.1) is 11.3 Å². The molecule has 0 bridgehead atoms. The average molecular weight is 489 g/mol. The van der Waals surface area contributed by atoms with Crippen LogP contribution in [0.3, 0.4) is 0 Å². The fraction of sp³-hybridized carbons (Fsp3) is 0.231. The molecule has 0 spiro atoms. The highest BCUT2D eigenvalue weighted by atomic mass is 32.2. The van der Waals surface area contributed by atoms with Crippen molar-refractivity contribution in [1.82, 2.24) is 19.5 Å². The number of aryl methyl sites for hydroxylation is 3. The van der Waals surface area contributed by atoms with Crippen LogP contribution >= 0.6 is 23.1 Å². The SMILES string of the molecule is Cc1cccc(-n2c(SC(C)c3nc4ccccc4c(=O)[nH]3)nc3sc(C)c(C)c3c2=O)c1C. The summed E-state index contributed by atoms with van der Waals surface area (Å²) < 4.78 is 1.71. The van der Waals surface area contributed by atoms with Crippen molar-refractivity contribution in [2.45, 2.75) is 45.0 Å². The summed E-state index contributed by atoms with van der Waals surface area (Å²) in [5.41, 5.74) is 4.32. The minimum Gasteiger partial charge on any atom is -0.309 e. The number of nitrogens with one attached hydrogen (secondary N) is 1. The second kappa shape index (κ2) is 8.52. The van der Waals surface area contributed by atoms with E-state index in [0.717, 1.165) is 32.1 Å². The normalized spacial score (nSPS) is 12.5. The molecular formula is C26H24N4O2S2. The van der Waals surface area contributed by atoms with Crippen LogP contribution in [0.5, 0.6) is 0 Å². The number of thiophene rings is 1. The molecule has 5 rings (SSSR count). The monoisotopic (exact) mass is 488 g/mol. The highest BCUT2D eigenvalue weighted by Gasteiger charge is 2.22. The number of hydrogen-bond acceptors (Lipinski definition) is 6. The van der Waals surface area contributed by atoms with E-state index in [2.05, 4.69) is 9.97 Å². The molecule has 0 saturated heterocycles. The van der Waals surface area contributed by atoms with Crippen molar-refractivity contribution < 1.29 is 0 Å². The van der Waals surface area contributed by atoms with E-state index in [1.165, 1.54) is 23.1 Å². The minimum absolute atomic E-state index is 0.0739. The first-order valence-electron chi connectivity index (χ1n) is 11.0. The lowest BCUT2D eigenvalue weighted by Crippen LogP contribution is -2.23. The second-order valence-corrected chi connectivity index (χ2v) is 11.0. The molecule has 0 fully saturated rings. The van der Waals surface area contributed by atoms with E-state index < -0.39 is 0 Å². The summed E-state index contributed by atoms with van der Waals surface area (Å²) in [7, 11) is 0. The van der Waals surface area contributed by atoms with E-state index in [1.54, 1.807) is 10.6 Å². The third-order valence-corrected chi connectivity index (χ3v) is 8.45. The number of hydrogen-bond donors (Lipinski definition) is 1. The average Bonchev–Trinajstić information content (AvgIpc) is 3.09. The molecule has 0 radical (unpaired) electrons. The summed E-state index contributed by atoms with van der Waals surface area (Å²) in [6.45, 7) is 10.0. The number of para-hydroxylation sites is 1. The maximum Gasteiger partial charge on any atom is 0.267 e. The van der Waals surface area contributed by atoms with Crippen molar-refractivity contribution >= 4 is 44.2 Å². The lowest BCUT2D eigenvalue weighted by atomic mass is 10.1. The van der Waals surface area contributed by atoms with Crippen LogP contribution in [0.1, 0.15) is 39.6 Å². The van der Waals surface area contributed by atoms with Gasteiger partial charge in [0.15, 0.2) is 5.16 Å². The Morgan fingerprint density at radius 3 is 2.53 bits per heavy atom. The van der Waals surface area contributed by atoms with Crippen LogP contribution in [0.2, 0.25) is 0 Å². The van der Waals surface area contributed by atoms with E-state index in [1.807, 2.05) is 71.0 Å². The molecule has 0 saturated carbocycles. The first-order chi connectivity index (χ1) is 16.3. The van der Waals surface area contributed by atoms with Gasteiger partial charge in [-0.1, -0.05) is 36.0 Å². The summed E-state index contributed by atoms with van der Waals surface area (Å²) in [5.74, 6) is 0.550. The number of fused-ring (bicyclic) bond motifs is 2. The lowest BCUT2D eigenvalue weighted by Gasteiger charge is -2.18. The van der Waals surface area contributed by atoms with Crippen molar-refractivity contribution in [2.75, 3.05) is 0 Å². The van der Waals surface area contributed by atoms with Crippen molar-refractivity contribution in [2.24, 2.45) is 0 Å². The molecule has 6 nitrogen and oxygen atoms in total. The zero-order chi connectivity index (χ0) is 24.1. The van der Waals surface area contributed by atoms with E-state index in [4.69, 9.17) is 4.98 Å².